The maximum atomic E-state index is 11.8. The smallest absolute Gasteiger partial charge is 0.275 e. The first-order valence-electron chi connectivity index (χ1n) is 7.82. The normalized spacial score (nSPS) is 12.0. The molecule has 1 aromatic carbocycles. The predicted molar refractivity (Wildman–Crippen MR) is 87.3 cm³/mol. The van der Waals surface area contributed by atoms with E-state index in [4.69, 9.17) is 0 Å². The van der Waals surface area contributed by atoms with E-state index in [0.29, 0.717) is 5.92 Å². The molecule has 5 heteroatoms. The maximum Gasteiger partial charge on any atom is 0.275 e. The number of rotatable bonds is 8. The second-order valence-corrected chi connectivity index (χ2v) is 6.00. The highest BCUT2D eigenvalue weighted by atomic mass is 16.2. The van der Waals surface area contributed by atoms with Crippen LogP contribution in [0.5, 0.6) is 0 Å². The van der Waals surface area contributed by atoms with Crippen molar-refractivity contribution in [1.29, 1.82) is 0 Å². The lowest BCUT2D eigenvalue weighted by Gasteiger charge is -2.14. The maximum absolute atomic E-state index is 11.8. The standard InChI is InChI=1S/C17H27N3O2/c1-12(2)9-14-5-7-15(8-6-14)13(3)20-17(22)11-19-10-16(21)18-4/h5-8,12-13,19H,9-11H2,1-4H3,(H,18,21)(H,20,22)/p+1/t13-/m0/s1. The Balaban J connectivity index is 2.42. The summed E-state index contributed by atoms with van der Waals surface area (Å²) in [6, 6.07) is 8.34. The molecule has 0 bridgehead atoms. The minimum atomic E-state index is -0.0819. The molecule has 1 rings (SSSR count). The average molecular weight is 306 g/mol. The van der Waals surface area contributed by atoms with Gasteiger partial charge in [0.1, 0.15) is 0 Å². The SMILES string of the molecule is CNC(=O)C[NH2+]CC(=O)N[C@@H](C)c1ccc(CC(C)C)cc1. The highest BCUT2D eigenvalue weighted by molar-refractivity contribution is 5.78. The molecule has 0 fully saturated rings. The number of likely N-dealkylation sites (N-methyl/N-ethyl adjacent to an activating group) is 1. The molecular formula is C17H28N3O2+. The van der Waals surface area contributed by atoms with Crippen molar-refractivity contribution in [3.8, 4) is 0 Å². The van der Waals surface area contributed by atoms with Gasteiger partial charge in [0, 0.05) is 7.05 Å². The number of quaternary nitrogens is 1. The van der Waals surface area contributed by atoms with Crippen LogP contribution >= 0.6 is 0 Å². The summed E-state index contributed by atoms with van der Waals surface area (Å²) in [4.78, 5) is 22.9. The van der Waals surface area contributed by atoms with Crippen molar-refractivity contribution in [2.24, 2.45) is 5.92 Å². The molecule has 0 saturated carbocycles. The molecule has 0 aromatic heterocycles. The third kappa shape index (κ3) is 6.72. The van der Waals surface area contributed by atoms with Gasteiger partial charge in [-0.2, -0.15) is 0 Å². The number of nitrogens with one attached hydrogen (secondary N) is 2. The van der Waals surface area contributed by atoms with Crippen molar-refractivity contribution in [2.75, 3.05) is 20.1 Å². The molecule has 0 aliphatic heterocycles. The Kier molecular flexibility index (Phi) is 7.60. The number of amides is 2. The molecule has 0 radical (unpaired) electrons. The van der Waals surface area contributed by atoms with E-state index in [9.17, 15) is 9.59 Å². The first-order chi connectivity index (χ1) is 10.4. The van der Waals surface area contributed by atoms with Gasteiger partial charge in [-0.25, -0.2) is 0 Å². The van der Waals surface area contributed by atoms with Crippen LogP contribution in [0.15, 0.2) is 24.3 Å². The van der Waals surface area contributed by atoms with Crippen molar-refractivity contribution >= 4 is 11.8 Å². The van der Waals surface area contributed by atoms with Crippen LogP contribution < -0.4 is 16.0 Å². The Morgan fingerprint density at radius 1 is 1.05 bits per heavy atom. The fourth-order valence-electron chi connectivity index (χ4n) is 2.23. The quantitative estimate of drug-likeness (QED) is 0.649. The summed E-state index contributed by atoms with van der Waals surface area (Å²) in [7, 11) is 1.58. The molecule has 0 spiro atoms. The molecule has 1 aromatic rings. The highest BCUT2D eigenvalue weighted by Gasteiger charge is 2.11. The zero-order chi connectivity index (χ0) is 16.5. The summed E-state index contributed by atoms with van der Waals surface area (Å²) in [6.45, 7) is 6.89. The van der Waals surface area contributed by atoms with Gasteiger partial charge in [-0.3, -0.25) is 9.59 Å². The largest absolute Gasteiger partial charge is 0.354 e. The van der Waals surface area contributed by atoms with Gasteiger partial charge < -0.3 is 16.0 Å². The van der Waals surface area contributed by atoms with Crippen LogP contribution in [0.1, 0.15) is 37.9 Å². The van der Waals surface area contributed by atoms with Crippen LogP contribution in [0.3, 0.4) is 0 Å². The van der Waals surface area contributed by atoms with Crippen LogP contribution in [0, 0.1) is 5.92 Å². The number of nitrogens with two attached hydrogens (primary N) is 1. The lowest BCUT2D eigenvalue weighted by atomic mass is 10.00. The number of benzene rings is 1. The van der Waals surface area contributed by atoms with E-state index < -0.39 is 0 Å². The van der Waals surface area contributed by atoms with Crippen molar-refractivity contribution in [3.63, 3.8) is 0 Å². The van der Waals surface area contributed by atoms with E-state index in [2.05, 4.69) is 48.7 Å². The average Bonchev–Trinajstić information content (AvgIpc) is 2.47. The zero-order valence-corrected chi connectivity index (χ0v) is 14.0. The molecule has 1 atom stereocenters. The van der Waals surface area contributed by atoms with Crippen LogP contribution in [0.25, 0.3) is 0 Å². The molecule has 122 valence electrons. The highest BCUT2D eigenvalue weighted by Crippen LogP contribution is 2.15. The zero-order valence-electron chi connectivity index (χ0n) is 14.0. The van der Waals surface area contributed by atoms with Crippen molar-refractivity contribution in [3.05, 3.63) is 35.4 Å². The second-order valence-electron chi connectivity index (χ2n) is 6.00. The van der Waals surface area contributed by atoms with Crippen molar-refractivity contribution in [1.82, 2.24) is 10.6 Å². The van der Waals surface area contributed by atoms with Gasteiger partial charge in [-0.1, -0.05) is 38.1 Å². The van der Waals surface area contributed by atoms with Crippen LogP contribution in [-0.4, -0.2) is 32.0 Å². The molecule has 2 amide bonds. The number of carbonyl (C=O) groups is 2. The van der Waals surface area contributed by atoms with Gasteiger partial charge in [-0.05, 0) is 30.4 Å². The van der Waals surface area contributed by atoms with E-state index >= 15 is 0 Å². The Hall–Kier alpha value is -1.88. The first kappa shape index (κ1) is 18.2. The van der Waals surface area contributed by atoms with Gasteiger partial charge in [-0.15, -0.1) is 0 Å². The Morgan fingerprint density at radius 2 is 1.64 bits per heavy atom. The molecule has 4 N–H and O–H groups in total. The van der Waals surface area contributed by atoms with Gasteiger partial charge in [0.05, 0.1) is 6.04 Å². The number of carbonyl (C=O) groups excluding carboxylic acids is 2. The van der Waals surface area contributed by atoms with Crippen LogP contribution in [0.2, 0.25) is 0 Å². The van der Waals surface area contributed by atoms with E-state index in [-0.39, 0.29) is 30.9 Å². The van der Waals surface area contributed by atoms with E-state index in [1.165, 1.54) is 5.56 Å². The van der Waals surface area contributed by atoms with E-state index in [1.807, 2.05) is 6.92 Å². The van der Waals surface area contributed by atoms with Crippen LogP contribution in [-0.2, 0) is 16.0 Å². The predicted octanol–water partition coefficient (Wildman–Crippen LogP) is 0.372. The lowest BCUT2D eigenvalue weighted by molar-refractivity contribution is -0.633. The minimum Gasteiger partial charge on any atom is -0.354 e. The van der Waals surface area contributed by atoms with Crippen molar-refractivity contribution in [2.45, 2.75) is 33.2 Å². The summed E-state index contributed by atoms with van der Waals surface area (Å²) >= 11 is 0. The van der Waals surface area contributed by atoms with Gasteiger partial charge in [0.15, 0.2) is 13.1 Å². The van der Waals surface area contributed by atoms with Crippen molar-refractivity contribution < 1.29 is 14.9 Å². The van der Waals surface area contributed by atoms with E-state index in [1.54, 1.807) is 12.4 Å². The monoisotopic (exact) mass is 306 g/mol. The molecule has 0 saturated heterocycles. The Morgan fingerprint density at radius 3 is 2.18 bits per heavy atom. The lowest BCUT2D eigenvalue weighted by Crippen LogP contribution is -2.88. The third-order valence-corrected chi connectivity index (χ3v) is 3.44. The molecule has 0 heterocycles. The summed E-state index contributed by atoms with van der Waals surface area (Å²) in [5, 5.41) is 7.16. The van der Waals surface area contributed by atoms with Gasteiger partial charge in [0.25, 0.3) is 11.8 Å². The summed E-state index contributed by atoms with van der Waals surface area (Å²) < 4.78 is 0. The first-order valence-corrected chi connectivity index (χ1v) is 7.82. The molecule has 0 unspecified atom stereocenters. The number of hydrogen-bond donors (Lipinski definition) is 3. The third-order valence-electron chi connectivity index (χ3n) is 3.44. The Bertz CT molecular complexity index is 483. The molecule has 5 nitrogen and oxygen atoms in total. The van der Waals surface area contributed by atoms with Gasteiger partial charge in [0.2, 0.25) is 0 Å². The molecule has 0 aliphatic carbocycles. The minimum absolute atomic E-state index is 0.0333. The second kappa shape index (κ2) is 9.20. The van der Waals surface area contributed by atoms with E-state index in [0.717, 1.165) is 12.0 Å². The molecular weight excluding hydrogens is 278 g/mol. The molecule has 0 aliphatic rings. The topological polar surface area (TPSA) is 74.8 Å². The summed E-state index contributed by atoms with van der Waals surface area (Å²) in [6.07, 6.45) is 1.06. The fourth-order valence-corrected chi connectivity index (χ4v) is 2.23. The Labute approximate surface area is 132 Å². The molecule has 22 heavy (non-hydrogen) atoms. The fraction of sp³-hybridized carbons (Fsp3) is 0.529. The van der Waals surface area contributed by atoms with Gasteiger partial charge >= 0.3 is 0 Å². The summed E-state index contributed by atoms with van der Waals surface area (Å²) in [5.74, 6) is 0.489. The number of hydrogen-bond acceptors (Lipinski definition) is 2. The summed E-state index contributed by atoms with van der Waals surface area (Å²) in [5.41, 5.74) is 2.41. The van der Waals surface area contributed by atoms with Crippen LogP contribution in [0.4, 0.5) is 0 Å².